The van der Waals surface area contributed by atoms with Crippen LogP contribution in [0.1, 0.15) is 28.2 Å². The topological polar surface area (TPSA) is 83.5 Å². The molecule has 2 aromatic rings. The van der Waals surface area contributed by atoms with Crippen LogP contribution in [0.3, 0.4) is 0 Å². The number of hydrogen-bond donors (Lipinski definition) is 2. The zero-order chi connectivity index (χ0) is 15.6. The minimum Gasteiger partial charge on any atom is -0.477 e. The maximum absolute atomic E-state index is 12.8. The molecule has 0 fully saturated rings. The zero-order valence-electron chi connectivity index (χ0n) is 10.9. The molecule has 2 rings (SSSR count). The van der Waals surface area contributed by atoms with Gasteiger partial charge in [0.25, 0.3) is 0 Å². The number of benzene rings is 1. The lowest BCUT2D eigenvalue weighted by atomic mass is 10.1. The van der Waals surface area contributed by atoms with Crippen LogP contribution in [-0.2, 0) is 10.0 Å². The molecule has 0 aliphatic carbocycles. The van der Waals surface area contributed by atoms with Crippen molar-refractivity contribution in [2.45, 2.75) is 17.9 Å². The molecule has 112 valence electrons. The lowest BCUT2D eigenvalue weighted by Crippen LogP contribution is -2.26. The van der Waals surface area contributed by atoms with Crippen LogP contribution >= 0.6 is 11.3 Å². The Balaban J connectivity index is 2.20. The second-order valence-electron chi connectivity index (χ2n) is 4.35. The summed E-state index contributed by atoms with van der Waals surface area (Å²) in [5.74, 6) is -1.58. The van der Waals surface area contributed by atoms with Gasteiger partial charge in [0.1, 0.15) is 10.7 Å². The van der Waals surface area contributed by atoms with Crippen molar-refractivity contribution in [3.8, 4) is 0 Å². The predicted octanol–water partition coefficient (Wildman–Crippen LogP) is 2.62. The molecule has 0 spiro atoms. The highest BCUT2D eigenvalue weighted by molar-refractivity contribution is 7.89. The summed E-state index contributed by atoms with van der Waals surface area (Å²) in [6, 6.07) is 5.99. The van der Waals surface area contributed by atoms with E-state index in [2.05, 4.69) is 4.72 Å². The van der Waals surface area contributed by atoms with Gasteiger partial charge in [-0.3, -0.25) is 0 Å². The summed E-state index contributed by atoms with van der Waals surface area (Å²) in [6.07, 6.45) is 0. The highest BCUT2D eigenvalue weighted by Gasteiger charge is 2.21. The fourth-order valence-electron chi connectivity index (χ4n) is 1.69. The summed E-state index contributed by atoms with van der Waals surface area (Å²) in [5.41, 5.74) is 0.605. The zero-order valence-corrected chi connectivity index (χ0v) is 12.5. The third-order valence-corrected chi connectivity index (χ3v) is 5.39. The smallest absolute Gasteiger partial charge is 0.345 e. The van der Waals surface area contributed by atoms with Crippen molar-refractivity contribution >= 4 is 27.3 Å². The van der Waals surface area contributed by atoms with E-state index in [1.165, 1.54) is 29.6 Å². The van der Waals surface area contributed by atoms with E-state index in [0.717, 1.165) is 17.4 Å². The Morgan fingerprint density at radius 3 is 2.48 bits per heavy atom. The summed E-state index contributed by atoms with van der Waals surface area (Å²) >= 11 is 0.841. The van der Waals surface area contributed by atoms with Crippen molar-refractivity contribution < 1.29 is 22.7 Å². The Morgan fingerprint density at radius 2 is 1.95 bits per heavy atom. The highest BCUT2D eigenvalue weighted by atomic mass is 32.2. The van der Waals surface area contributed by atoms with Gasteiger partial charge in [-0.25, -0.2) is 22.3 Å². The van der Waals surface area contributed by atoms with Gasteiger partial charge < -0.3 is 5.11 Å². The van der Waals surface area contributed by atoms with E-state index in [4.69, 9.17) is 5.11 Å². The average Bonchev–Trinajstić information content (AvgIpc) is 2.89. The SMILES string of the molecule is C[C@H](NS(=O)(=O)c1csc(C(=O)O)c1)c1ccc(F)cc1. The molecular weight excluding hydrogens is 317 g/mol. The summed E-state index contributed by atoms with van der Waals surface area (Å²) < 4.78 is 39.6. The first kappa shape index (κ1) is 15.6. The van der Waals surface area contributed by atoms with Gasteiger partial charge in [-0.1, -0.05) is 12.1 Å². The van der Waals surface area contributed by atoms with Gasteiger partial charge in [0.2, 0.25) is 10.0 Å². The Bertz CT molecular complexity index is 753. The molecule has 0 saturated heterocycles. The van der Waals surface area contributed by atoms with E-state index in [1.807, 2.05) is 0 Å². The maximum Gasteiger partial charge on any atom is 0.345 e. The number of hydrogen-bond acceptors (Lipinski definition) is 4. The van der Waals surface area contributed by atoms with Crippen molar-refractivity contribution in [3.63, 3.8) is 0 Å². The largest absolute Gasteiger partial charge is 0.477 e. The van der Waals surface area contributed by atoms with Crippen molar-refractivity contribution in [3.05, 3.63) is 52.0 Å². The normalized spacial score (nSPS) is 13.0. The molecule has 0 amide bonds. The average molecular weight is 329 g/mol. The van der Waals surface area contributed by atoms with Crippen LogP contribution in [0, 0.1) is 5.82 Å². The van der Waals surface area contributed by atoms with Crippen LogP contribution in [0.25, 0.3) is 0 Å². The van der Waals surface area contributed by atoms with Gasteiger partial charge in [0, 0.05) is 11.4 Å². The Kier molecular flexibility index (Phi) is 4.40. The number of nitrogens with one attached hydrogen (secondary N) is 1. The molecular formula is C13H12FNO4S2. The number of rotatable bonds is 5. The fourth-order valence-corrected chi connectivity index (χ4v) is 4.04. The number of carboxylic acids is 1. The van der Waals surface area contributed by atoms with Crippen molar-refractivity contribution in [1.82, 2.24) is 4.72 Å². The van der Waals surface area contributed by atoms with Gasteiger partial charge in [0.05, 0.1) is 4.90 Å². The van der Waals surface area contributed by atoms with Crippen LogP contribution in [-0.4, -0.2) is 19.5 Å². The lowest BCUT2D eigenvalue weighted by molar-refractivity contribution is 0.0702. The van der Waals surface area contributed by atoms with Gasteiger partial charge in [-0.05, 0) is 30.7 Å². The third kappa shape index (κ3) is 3.66. The molecule has 1 atom stereocenters. The maximum atomic E-state index is 12.8. The molecule has 2 N–H and O–H groups in total. The van der Waals surface area contributed by atoms with E-state index in [-0.39, 0.29) is 9.77 Å². The molecule has 0 unspecified atom stereocenters. The lowest BCUT2D eigenvalue weighted by Gasteiger charge is -2.13. The molecule has 0 radical (unpaired) electrons. The van der Waals surface area contributed by atoms with E-state index in [9.17, 15) is 17.6 Å². The van der Waals surface area contributed by atoms with Gasteiger partial charge in [0.15, 0.2) is 0 Å². The van der Waals surface area contributed by atoms with E-state index in [0.29, 0.717) is 5.56 Å². The van der Waals surface area contributed by atoms with Crippen LogP contribution in [0.2, 0.25) is 0 Å². The minimum atomic E-state index is -3.83. The Labute approximate surface area is 125 Å². The molecule has 21 heavy (non-hydrogen) atoms. The first-order chi connectivity index (χ1) is 9.79. The standard InChI is InChI=1S/C13H12FNO4S2/c1-8(9-2-4-10(14)5-3-9)15-21(18,19)11-6-12(13(16)17)20-7-11/h2-8,15H,1H3,(H,16,17)/t8-/m0/s1. The Hall–Kier alpha value is -1.77. The molecule has 0 aliphatic rings. The number of thiophene rings is 1. The number of aromatic carboxylic acids is 1. The summed E-state index contributed by atoms with van der Waals surface area (Å²) in [7, 11) is -3.83. The van der Waals surface area contributed by atoms with E-state index >= 15 is 0 Å². The van der Waals surface area contributed by atoms with Crippen LogP contribution in [0.15, 0.2) is 40.6 Å². The first-order valence-electron chi connectivity index (χ1n) is 5.89. The van der Waals surface area contributed by atoms with E-state index < -0.39 is 27.9 Å². The summed E-state index contributed by atoms with van der Waals surface area (Å²) in [6.45, 7) is 1.62. The minimum absolute atomic E-state index is 0.0511. The fraction of sp³-hybridized carbons (Fsp3) is 0.154. The molecule has 1 heterocycles. The predicted molar refractivity (Wildman–Crippen MR) is 76.4 cm³/mol. The molecule has 1 aromatic heterocycles. The van der Waals surface area contributed by atoms with Crippen LogP contribution in [0.4, 0.5) is 4.39 Å². The highest BCUT2D eigenvalue weighted by Crippen LogP contribution is 2.22. The van der Waals surface area contributed by atoms with Crippen LogP contribution < -0.4 is 4.72 Å². The molecule has 5 nitrogen and oxygen atoms in total. The second-order valence-corrected chi connectivity index (χ2v) is 6.97. The van der Waals surface area contributed by atoms with Crippen molar-refractivity contribution in [2.75, 3.05) is 0 Å². The molecule has 1 aromatic carbocycles. The molecule has 8 heteroatoms. The Morgan fingerprint density at radius 1 is 1.33 bits per heavy atom. The van der Waals surface area contributed by atoms with Gasteiger partial charge in [-0.2, -0.15) is 0 Å². The molecule has 0 bridgehead atoms. The van der Waals surface area contributed by atoms with Crippen molar-refractivity contribution in [1.29, 1.82) is 0 Å². The van der Waals surface area contributed by atoms with Crippen LogP contribution in [0.5, 0.6) is 0 Å². The monoisotopic (exact) mass is 329 g/mol. The third-order valence-electron chi connectivity index (χ3n) is 2.80. The number of sulfonamides is 1. The number of halogens is 1. The second kappa shape index (κ2) is 5.92. The van der Waals surface area contributed by atoms with Gasteiger partial charge in [-0.15, -0.1) is 11.3 Å². The first-order valence-corrected chi connectivity index (χ1v) is 8.25. The quantitative estimate of drug-likeness (QED) is 0.883. The van der Waals surface area contributed by atoms with Crippen molar-refractivity contribution in [2.24, 2.45) is 0 Å². The summed E-state index contributed by atoms with van der Waals surface area (Å²) in [5, 5.41) is 10.1. The molecule has 0 saturated carbocycles. The van der Waals surface area contributed by atoms with E-state index in [1.54, 1.807) is 6.92 Å². The number of carboxylic acid groups (broad SMARTS) is 1. The number of carbonyl (C=O) groups is 1. The molecule has 0 aliphatic heterocycles. The summed E-state index contributed by atoms with van der Waals surface area (Å²) in [4.78, 5) is 10.6. The van der Waals surface area contributed by atoms with Gasteiger partial charge >= 0.3 is 5.97 Å².